The van der Waals surface area contributed by atoms with E-state index in [1.54, 1.807) is 0 Å². The molecule has 3 nitrogen and oxygen atoms in total. The van der Waals surface area contributed by atoms with Crippen molar-refractivity contribution in [2.24, 2.45) is 0 Å². The zero-order valence-corrected chi connectivity index (χ0v) is 16.0. The van der Waals surface area contributed by atoms with E-state index in [4.69, 9.17) is 4.74 Å². The van der Waals surface area contributed by atoms with Crippen molar-refractivity contribution < 1.29 is 9.53 Å². The van der Waals surface area contributed by atoms with E-state index in [0.29, 0.717) is 0 Å². The second-order valence-electron chi connectivity index (χ2n) is 6.15. The highest BCUT2D eigenvalue weighted by molar-refractivity contribution is 9.10. The highest BCUT2D eigenvalue weighted by atomic mass is 79.9. The van der Waals surface area contributed by atoms with Crippen molar-refractivity contribution in [2.75, 3.05) is 6.61 Å². The zero-order chi connectivity index (χ0) is 17.5. The topological polar surface area (TPSA) is 38.3 Å². The van der Waals surface area contributed by atoms with Crippen LogP contribution in [0.3, 0.4) is 0 Å². The third kappa shape index (κ3) is 5.68. The van der Waals surface area contributed by atoms with E-state index in [2.05, 4.69) is 33.4 Å². The van der Waals surface area contributed by atoms with E-state index in [1.165, 1.54) is 5.56 Å². The minimum atomic E-state index is -0.0891. The van der Waals surface area contributed by atoms with Crippen molar-refractivity contribution in [3.63, 3.8) is 0 Å². The summed E-state index contributed by atoms with van der Waals surface area (Å²) in [6.45, 7) is 6.08. The van der Waals surface area contributed by atoms with Gasteiger partial charge in [0.25, 0.3) is 5.91 Å². The molecular weight excluding hydrogens is 366 g/mol. The average molecular weight is 390 g/mol. The molecule has 2 rings (SSSR count). The maximum absolute atomic E-state index is 12.0. The number of amides is 1. The average Bonchev–Trinajstić information content (AvgIpc) is 2.57. The Morgan fingerprint density at radius 1 is 1.17 bits per heavy atom. The number of carbonyl (C=O) groups excluding carboxylic acids is 1. The second kappa shape index (κ2) is 8.88. The van der Waals surface area contributed by atoms with Gasteiger partial charge < -0.3 is 10.1 Å². The predicted molar refractivity (Wildman–Crippen MR) is 101 cm³/mol. The van der Waals surface area contributed by atoms with Crippen molar-refractivity contribution >= 4 is 21.8 Å². The van der Waals surface area contributed by atoms with Crippen LogP contribution in [0.4, 0.5) is 0 Å². The van der Waals surface area contributed by atoms with Crippen LogP contribution in [0.2, 0.25) is 0 Å². The van der Waals surface area contributed by atoms with Crippen molar-refractivity contribution in [1.82, 2.24) is 5.32 Å². The second-order valence-corrected chi connectivity index (χ2v) is 6.95. The van der Waals surface area contributed by atoms with Crippen LogP contribution in [0, 0.1) is 13.8 Å². The SMILES string of the molecule is Cc1cc(OCC(=O)N[C@H](C)CCc2ccccc2)cc(C)c1Br. The van der Waals surface area contributed by atoms with Gasteiger partial charge in [-0.2, -0.15) is 0 Å². The number of benzene rings is 2. The van der Waals surface area contributed by atoms with Crippen LogP contribution in [0.1, 0.15) is 30.0 Å². The Kier molecular flexibility index (Phi) is 6.85. The molecule has 128 valence electrons. The first-order chi connectivity index (χ1) is 11.5. The van der Waals surface area contributed by atoms with E-state index >= 15 is 0 Å². The van der Waals surface area contributed by atoms with Gasteiger partial charge in [0.05, 0.1) is 0 Å². The van der Waals surface area contributed by atoms with E-state index in [1.807, 2.05) is 51.1 Å². The molecule has 0 radical (unpaired) electrons. The molecule has 2 aromatic rings. The van der Waals surface area contributed by atoms with Gasteiger partial charge in [-0.05, 0) is 62.4 Å². The molecule has 2 aromatic carbocycles. The van der Waals surface area contributed by atoms with Crippen LogP contribution < -0.4 is 10.1 Å². The van der Waals surface area contributed by atoms with Gasteiger partial charge in [-0.15, -0.1) is 0 Å². The van der Waals surface area contributed by atoms with Crippen molar-refractivity contribution in [2.45, 2.75) is 39.7 Å². The van der Waals surface area contributed by atoms with Crippen LogP contribution >= 0.6 is 15.9 Å². The summed E-state index contributed by atoms with van der Waals surface area (Å²) in [6.07, 6.45) is 1.86. The van der Waals surface area contributed by atoms with Gasteiger partial charge in [0, 0.05) is 10.5 Å². The monoisotopic (exact) mass is 389 g/mol. The highest BCUT2D eigenvalue weighted by Crippen LogP contribution is 2.26. The summed E-state index contributed by atoms with van der Waals surface area (Å²) in [6, 6.07) is 14.3. The molecule has 0 aromatic heterocycles. The van der Waals surface area contributed by atoms with Crippen molar-refractivity contribution in [3.05, 3.63) is 63.6 Å². The van der Waals surface area contributed by atoms with Gasteiger partial charge in [0.1, 0.15) is 5.75 Å². The molecule has 0 aliphatic rings. The van der Waals surface area contributed by atoms with Gasteiger partial charge >= 0.3 is 0 Å². The summed E-state index contributed by atoms with van der Waals surface area (Å²) < 4.78 is 6.69. The molecule has 0 aliphatic heterocycles. The molecule has 0 spiro atoms. The van der Waals surface area contributed by atoms with E-state index in [0.717, 1.165) is 34.2 Å². The lowest BCUT2D eigenvalue weighted by molar-refractivity contribution is -0.123. The predicted octanol–water partition coefficient (Wildman–Crippen LogP) is 4.58. The lowest BCUT2D eigenvalue weighted by atomic mass is 10.1. The summed E-state index contributed by atoms with van der Waals surface area (Å²) in [5.74, 6) is 0.633. The number of aryl methyl sites for hydroxylation is 3. The molecule has 0 unspecified atom stereocenters. The number of nitrogens with one attached hydrogen (secondary N) is 1. The molecule has 0 saturated heterocycles. The molecular formula is C20H24BrNO2. The third-order valence-corrected chi connectivity index (χ3v) is 5.15. The lowest BCUT2D eigenvalue weighted by Gasteiger charge is -2.15. The summed E-state index contributed by atoms with van der Waals surface area (Å²) >= 11 is 3.53. The van der Waals surface area contributed by atoms with Gasteiger partial charge in [-0.25, -0.2) is 0 Å². The number of rotatable bonds is 7. The number of halogens is 1. The van der Waals surface area contributed by atoms with Crippen LogP contribution in [0.5, 0.6) is 5.75 Å². The molecule has 1 amide bonds. The lowest BCUT2D eigenvalue weighted by Crippen LogP contribution is -2.36. The summed E-state index contributed by atoms with van der Waals surface area (Å²) in [5.41, 5.74) is 3.49. The minimum Gasteiger partial charge on any atom is -0.484 e. The molecule has 0 saturated carbocycles. The fraction of sp³-hybridized carbons (Fsp3) is 0.350. The fourth-order valence-electron chi connectivity index (χ4n) is 2.55. The first kappa shape index (κ1) is 18.5. The fourth-order valence-corrected chi connectivity index (χ4v) is 2.78. The van der Waals surface area contributed by atoms with E-state index in [-0.39, 0.29) is 18.6 Å². The Bertz CT molecular complexity index is 662. The largest absolute Gasteiger partial charge is 0.484 e. The van der Waals surface area contributed by atoms with E-state index in [9.17, 15) is 4.79 Å². The first-order valence-corrected chi connectivity index (χ1v) is 8.98. The Labute approximate surface area is 152 Å². The van der Waals surface area contributed by atoms with Gasteiger partial charge in [0.2, 0.25) is 0 Å². The van der Waals surface area contributed by atoms with Gasteiger partial charge in [-0.3, -0.25) is 4.79 Å². The van der Waals surface area contributed by atoms with Crippen molar-refractivity contribution in [1.29, 1.82) is 0 Å². The number of ether oxygens (including phenoxy) is 1. The Hall–Kier alpha value is -1.81. The third-order valence-electron chi connectivity index (χ3n) is 3.90. The van der Waals surface area contributed by atoms with Gasteiger partial charge in [-0.1, -0.05) is 46.3 Å². The molecule has 0 aliphatic carbocycles. The van der Waals surface area contributed by atoms with Crippen LogP contribution in [0.15, 0.2) is 46.9 Å². The highest BCUT2D eigenvalue weighted by Gasteiger charge is 2.09. The zero-order valence-electron chi connectivity index (χ0n) is 14.4. The maximum atomic E-state index is 12.0. The smallest absolute Gasteiger partial charge is 0.258 e. The standard InChI is InChI=1S/C20H24BrNO2/c1-14-11-18(12-15(2)20(14)21)24-13-19(23)22-16(3)9-10-17-7-5-4-6-8-17/h4-8,11-12,16H,9-10,13H2,1-3H3,(H,22,23)/t16-/m1/s1. The Morgan fingerprint density at radius 3 is 2.42 bits per heavy atom. The maximum Gasteiger partial charge on any atom is 0.258 e. The van der Waals surface area contributed by atoms with Crippen molar-refractivity contribution in [3.8, 4) is 5.75 Å². The molecule has 0 bridgehead atoms. The normalized spacial score (nSPS) is 11.8. The molecule has 1 N–H and O–H groups in total. The molecule has 24 heavy (non-hydrogen) atoms. The molecule has 0 heterocycles. The van der Waals surface area contributed by atoms with Crippen LogP contribution in [-0.2, 0) is 11.2 Å². The minimum absolute atomic E-state index is 0.0379. The van der Waals surface area contributed by atoms with Gasteiger partial charge in [0.15, 0.2) is 6.61 Å². The molecule has 0 fully saturated rings. The Balaban J connectivity index is 1.76. The summed E-state index contributed by atoms with van der Waals surface area (Å²) in [7, 11) is 0. The van der Waals surface area contributed by atoms with Crippen LogP contribution in [0.25, 0.3) is 0 Å². The first-order valence-electron chi connectivity index (χ1n) is 8.18. The van der Waals surface area contributed by atoms with Crippen LogP contribution in [-0.4, -0.2) is 18.6 Å². The quantitative estimate of drug-likeness (QED) is 0.752. The number of hydrogen-bond acceptors (Lipinski definition) is 2. The molecule has 1 atom stereocenters. The number of hydrogen-bond donors (Lipinski definition) is 1. The van der Waals surface area contributed by atoms with E-state index < -0.39 is 0 Å². The Morgan fingerprint density at radius 2 is 1.79 bits per heavy atom. The summed E-state index contributed by atoms with van der Waals surface area (Å²) in [5, 5.41) is 2.99. The number of carbonyl (C=O) groups is 1. The summed E-state index contributed by atoms with van der Waals surface area (Å²) in [4.78, 5) is 12.0. The molecule has 4 heteroatoms.